The van der Waals surface area contributed by atoms with Crippen LogP contribution >= 0.6 is 11.8 Å². The number of hydrogen-bond donors (Lipinski definition) is 2. The van der Waals surface area contributed by atoms with Crippen molar-refractivity contribution in [3.63, 3.8) is 0 Å². The molecule has 0 saturated heterocycles. The summed E-state index contributed by atoms with van der Waals surface area (Å²) >= 11 is 1.70. The summed E-state index contributed by atoms with van der Waals surface area (Å²) in [5.74, 6) is 0.593. The van der Waals surface area contributed by atoms with Gasteiger partial charge in [-0.1, -0.05) is 42.0 Å². The van der Waals surface area contributed by atoms with Gasteiger partial charge in [-0.05, 0) is 55.1 Å². The second-order valence-electron chi connectivity index (χ2n) is 7.39. The first-order valence-electron chi connectivity index (χ1n) is 10.3. The number of hydrogen-bond acceptors (Lipinski definition) is 5. The van der Waals surface area contributed by atoms with Gasteiger partial charge in [0.15, 0.2) is 0 Å². The van der Waals surface area contributed by atoms with E-state index in [0.717, 1.165) is 22.5 Å². The van der Waals surface area contributed by atoms with Crippen molar-refractivity contribution in [1.82, 2.24) is 15.3 Å². The van der Waals surface area contributed by atoms with Crippen molar-refractivity contribution in [1.29, 1.82) is 0 Å². The molecule has 0 radical (unpaired) electrons. The van der Waals surface area contributed by atoms with Crippen LogP contribution in [0.2, 0.25) is 0 Å². The fraction of sp³-hybridized carbons (Fsp3) is 0.115. The summed E-state index contributed by atoms with van der Waals surface area (Å²) in [6.45, 7) is 2.56. The Bertz CT molecular complexity index is 1190. The number of amides is 1. The molecule has 0 aliphatic carbocycles. The molecular formula is C26H24N4OS. The van der Waals surface area contributed by atoms with Crippen molar-refractivity contribution >= 4 is 29.2 Å². The predicted octanol–water partition coefficient (Wildman–Crippen LogP) is 5.85. The van der Waals surface area contributed by atoms with Crippen LogP contribution in [0.15, 0.2) is 90.1 Å². The van der Waals surface area contributed by atoms with Crippen LogP contribution in [0.5, 0.6) is 0 Å². The van der Waals surface area contributed by atoms with Gasteiger partial charge in [0, 0.05) is 34.3 Å². The van der Waals surface area contributed by atoms with Crippen LogP contribution < -0.4 is 10.6 Å². The van der Waals surface area contributed by atoms with Gasteiger partial charge in [-0.25, -0.2) is 9.97 Å². The molecule has 0 spiro atoms. The molecule has 0 aliphatic heterocycles. The lowest BCUT2D eigenvalue weighted by Gasteiger charge is -2.09. The molecule has 0 bridgehead atoms. The highest BCUT2D eigenvalue weighted by atomic mass is 32.2. The summed E-state index contributed by atoms with van der Waals surface area (Å²) in [4.78, 5) is 22.4. The summed E-state index contributed by atoms with van der Waals surface area (Å²) in [7, 11) is 0. The largest absolute Gasteiger partial charge is 0.348 e. The number of aryl methyl sites for hydroxylation is 1. The maximum atomic E-state index is 12.5. The monoisotopic (exact) mass is 440 g/mol. The van der Waals surface area contributed by atoms with E-state index in [2.05, 4.69) is 51.8 Å². The molecule has 1 aromatic heterocycles. The van der Waals surface area contributed by atoms with E-state index in [4.69, 9.17) is 0 Å². The molecule has 0 atom stereocenters. The number of thioether (sulfide) groups is 1. The van der Waals surface area contributed by atoms with Crippen LogP contribution in [0.4, 0.5) is 11.5 Å². The van der Waals surface area contributed by atoms with Crippen molar-refractivity contribution in [2.45, 2.75) is 18.4 Å². The van der Waals surface area contributed by atoms with Crippen molar-refractivity contribution in [3.8, 4) is 11.3 Å². The van der Waals surface area contributed by atoms with Crippen molar-refractivity contribution in [2.24, 2.45) is 0 Å². The first-order valence-corrected chi connectivity index (χ1v) is 11.5. The van der Waals surface area contributed by atoms with E-state index < -0.39 is 0 Å². The van der Waals surface area contributed by atoms with Crippen LogP contribution in [0.3, 0.4) is 0 Å². The molecule has 1 amide bonds. The van der Waals surface area contributed by atoms with Gasteiger partial charge >= 0.3 is 0 Å². The van der Waals surface area contributed by atoms with Crippen LogP contribution in [0.1, 0.15) is 21.5 Å². The van der Waals surface area contributed by atoms with E-state index in [0.29, 0.717) is 17.9 Å². The number of carbonyl (C=O) groups excluding carboxylic acids is 1. The summed E-state index contributed by atoms with van der Waals surface area (Å²) in [5, 5.41) is 6.24. The zero-order chi connectivity index (χ0) is 22.3. The lowest BCUT2D eigenvalue weighted by atomic mass is 10.1. The van der Waals surface area contributed by atoms with Crippen LogP contribution in [-0.2, 0) is 6.54 Å². The topological polar surface area (TPSA) is 66.9 Å². The molecule has 0 saturated carbocycles. The molecule has 2 N–H and O–H groups in total. The number of carbonyl (C=O) groups is 1. The van der Waals surface area contributed by atoms with Crippen molar-refractivity contribution in [2.75, 3.05) is 11.6 Å². The van der Waals surface area contributed by atoms with Gasteiger partial charge in [0.05, 0.1) is 5.69 Å². The smallest absolute Gasteiger partial charge is 0.251 e. The highest BCUT2D eigenvalue weighted by Gasteiger charge is 2.07. The number of aromatic nitrogens is 2. The van der Waals surface area contributed by atoms with Gasteiger partial charge in [-0.2, -0.15) is 0 Å². The van der Waals surface area contributed by atoms with E-state index in [9.17, 15) is 4.79 Å². The van der Waals surface area contributed by atoms with E-state index in [1.807, 2.05) is 48.7 Å². The van der Waals surface area contributed by atoms with Crippen LogP contribution in [0.25, 0.3) is 11.3 Å². The van der Waals surface area contributed by atoms with Gasteiger partial charge in [0.2, 0.25) is 0 Å². The van der Waals surface area contributed by atoms with Crippen molar-refractivity contribution < 1.29 is 4.79 Å². The fourth-order valence-electron chi connectivity index (χ4n) is 3.19. The third-order valence-electron chi connectivity index (χ3n) is 5.05. The summed E-state index contributed by atoms with van der Waals surface area (Å²) in [6.07, 6.45) is 3.59. The van der Waals surface area contributed by atoms with E-state index >= 15 is 0 Å². The molecule has 0 aliphatic rings. The third-order valence-corrected chi connectivity index (χ3v) is 5.79. The summed E-state index contributed by atoms with van der Waals surface area (Å²) in [5.41, 5.74) is 5.63. The van der Waals surface area contributed by atoms with E-state index in [1.165, 1.54) is 10.5 Å². The lowest BCUT2D eigenvalue weighted by molar-refractivity contribution is 0.0951. The molecule has 3 aromatic carbocycles. The van der Waals surface area contributed by atoms with Crippen LogP contribution in [0, 0.1) is 6.92 Å². The Morgan fingerprint density at radius 1 is 0.906 bits per heavy atom. The minimum atomic E-state index is -0.103. The molecule has 5 nitrogen and oxygen atoms in total. The second-order valence-corrected chi connectivity index (χ2v) is 8.27. The zero-order valence-corrected chi connectivity index (χ0v) is 18.8. The summed E-state index contributed by atoms with van der Waals surface area (Å²) in [6, 6.07) is 25.7. The van der Waals surface area contributed by atoms with E-state index in [-0.39, 0.29) is 5.91 Å². The maximum Gasteiger partial charge on any atom is 0.251 e. The normalized spacial score (nSPS) is 10.6. The average Bonchev–Trinajstić information content (AvgIpc) is 2.84. The maximum absolute atomic E-state index is 12.5. The Morgan fingerprint density at radius 2 is 1.62 bits per heavy atom. The fourth-order valence-corrected chi connectivity index (χ4v) is 3.60. The Kier molecular flexibility index (Phi) is 6.82. The standard InChI is InChI=1S/C26H24N4OS/c1-18-3-7-20(8-4-18)24-15-25(29-17-28-24)30-22-11-9-21(10-12-22)26(31)27-16-19-5-13-23(32-2)14-6-19/h3-15,17H,16H2,1-2H3,(H,27,31)(H,28,29,30). The number of benzene rings is 3. The molecule has 0 unspecified atom stereocenters. The van der Waals surface area contributed by atoms with Crippen molar-refractivity contribution in [3.05, 3.63) is 102 Å². The highest BCUT2D eigenvalue weighted by Crippen LogP contribution is 2.22. The molecule has 4 aromatic rings. The second kappa shape index (κ2) is 10.1. The number of nitrogens with one attached hydrogen (secondary N) is 2. The zero-order valence-electron chi connectivity index (χ0n) is 18.0. The highest BCUT2D eigenvalue weighted by molar-refractivity contribution is 7.98. The Morgan fingerprint density at radius 3 is 2.31 bits per heavy atom. The molecule has 0 fully saturated rings. The molecule has 6 heteroatoms. The minimum Gasteiger partial charge on any atom is -0.348 e. The summed E-state index contributed by atoms with van der Waals surface area (Å²) < 4.78 is 0. The first kappa shape index (κ1) is 21.6. The lowest BCUT2D eigenvalue weighted by Crippen LogP contribution is -2.22. The van der Waals surface area contributed by atoms with Gasteiger partial charge in [0.1, 0.15) is 12.1 Å². The van der Waals surface area contributed by atoms with Crippen LogP contribution in [-0.4, -0.2) is 22.1 Å². The Hall–Kier alpha value is -3.64. The number of anilines is 2. The number of rotatable bonds is 7. The average molecular weight is 441 g/mol. The van der Waals surface area contributed by atoms with Gasteiger partial charge < -0.3 is 10.6 Å². The quantitative estimate of drug-likeness (QED) is 0.353. The predicted molar refractivity (Wildman–Crippen MR) is 131 cm³/mol. The Labute approximate surface area is 192 Å². The third kappa shape index (κ3) is 5.53. The van der Waals surface area contributed by atoms with Gasteiger partial charge in [0.25, 0.3) is 5.91 Å². The molecular weight excluding hydrogens is 416 g/mol. The molecule has 160 valence electrons. The van der Waals surface area contributed by atoms with Gasteiger partial charge in [-0.15, -0.1) is 11.8 Å². The minimum absolute atomic E-state index is 0.103. The molecule has 4 rings (SSSR count). The molecule has 32 heavy (non-hydrogen) atoms. The first-order chi connectivity index (χ1) is 15.6. The number of nitrogens with zero attached hydrogens (tertiary/aromatic N) is 2. The Balaban J connectivity index is 1.37. The van der Waals surface area contributed by atoms with Gasteiger partial charge in [-0.3, -0.25) is 4.79 Å². The SMILES string of the molecule is CSc1ccc(CNC(=O)c2ccc(Nc3cc(-c4ccc(C)cc4)ncn3)cc2)cc1. The molecule has 1 heterocycles. The van der Waals surface area contributed by atoms with E-state index in [1.54, 1.807) is 30.2 Å².